The summed E-state index contributed by atoms with van der Waals surface area (Å²) >= 11 is 3.61. The van der Waals surface area contributed by atoms with Gasteiger partial charge in [0.25, 0.3) is 0 Å². The zero-order valence-electron chi connectivity index (χ0n) is 14.4. The minimum atomic E-state index is 0.297. The van der Waals surface area contributed by atoms with Crippen LogP contribution in [0, 0.1) is 0 Å². The van der Waals surface area contributed by atoms with E-state index in [1.807, 2.05) is 49.4 Å². The van der Waals surface area contributed by atoms with E-state index < -0.39 is 0 Å². The molecule has 0 aromatic heterocycles. The highest BCUT2D eigenvalue weighted by molar-refractivity contribution is 9.10. The molecule has 1 aliphatic rings. The molecule has 0 bridgehead atoms. The molecular formula is C20H23BrN2O2. The van der Waals surface area contributed by atoms with Crippen LogP contribution < -0.4 is 14.9 Å². The van der Waals surface area contributed by atoms with E-state index in [4.69, 9.17) is 9.47 Å². The summed E-state index contributed by atoms with van der Waals surface area (Å²) in [5, 5.41) is 4.31. The Morgan fingerprint density at radius 1 is 1.16 bits per heavy atom. The van der Waals surface area contributed by atoms with Crippen molar-refractivity contribution in [1.29, 1.82) is 0 Å². The van der Waals surface area contributed by atoms with Gasteiger partial charge in [-0.25, -0.2) is 0 Å². The normalized spacial score (nSPS) is 14.8. The zero-order valence-corrected chi connectivity index (χ0v) is 16.0. The maximum absolute atomic E-state index is 6.15. The van der Waals surface area contributed by atoms with Crippen molar-refractivity contribution >= 4 is 27.8 Å². The Morgan fingerprint density at radius 2 is 1.92 bits per heavy atom. The summed E-state index contributed by atoms with van der Waals surface area (Å²) < 4.78 is 12.9. The quantitative estimate of drug-likeness (QED) is 0.482. The van der Waals surface area contributed by atoms with Gasteiger partial charge in [0.1, 0.15) is 0 Å². The van der Waals surface area contributed by atoms with Crippen molar-refractivity contribution in [3.8, 4) is 11.5 Å². The van der Waals surface area contributed by atoms with Crippen LogP contribution in [-0.4, -0.2) is 18.9 Å². The Morgan fingerprint density at radius 3 is 2.64 bits per heavy atom. The van der Waals surface area contributed by atoms with Crippen molar-refractivity contribution in [2.75, 3.05) is 12.0 Å². The molecule has 0 radical (unpaired) electrons. The smallest absolute Gasteiger partial charge is 0.162 e. The summed E-state index contributed by atoms with van der Waals surface area (Å²) in [4.78, 5) is 0. The predicted molar refractivity (Wildman–Crippen MR) is 106 cm³/mol. The van der Waals surface area contributed by atoms with Gasteiger partial charge in [-0.15, -0.1) is 0 Å². The third kappa shape index (κ3) is 4.98. The predicted octanol–water partition coefficient (Wildman–Crippen LogP) is 5.62. The van der Waals surface area contributed by atoms with Gasteiger partial charge in [0.2, 0.25) is 0 Å². The fourth-order valence-corrected chi connectivity index (χ4v) is 3.31. The molecule has 0 unspecified atom stereocenters. The molecule has 3 rings (SSSR count). The van der Waals surface area contributed by atoms with E-state index in [2.05, 4.69) is 26.5 Å². The molecule has 2 aromatic rings. The van der Waals surface area contributed by atoms with Crippen LogP contribution in [0.5, 0.6) is 11.5 Å². The van der Waals surface area contributed by atoms with Crippen molar-refractivity contribution in [3.63, 3.8) is 0 Å². The Bertz CT molecular complexity index is 713. The number of ether oxygens (including phenoxy) is 2. The van der Waals surface area contributed by atoms with Crippen LogP contribution in [0.2, 0.25) is 0 Å². The number of nitrogens with zero attached hydrogens (tertiary/aromatic N) is 1. The van der Waals surface area contributed by atoms with Crippen molar-refractivity contribution in [1.82, 2.24) is 0 Å². The largest absolute Gasteiger partial charge is 0.490 e. The lowest BCUT2D eigenvalue weighted by molar-refractivity contribution is 0.196. The van der Waals surface area contributed by atoms with E-state index >= 15 is 0 Å². The monoisotopic (exact) mass is 402 g/mol. The summed E-state index contributed by atoms with van der Waals surface area (Å²) in [6.45, 7) is 2.58. The number of anilines is 1. The summed E-state index contributed by atoms with van der Waals surface area (Å²) in [5.41, 5.74) is 4.90. The first kappa shape index (κ1) is 17.8. The molecule has 5 heteroatoms. The van der Waals surface area contributed by atoms with E-state index in [0.717, 1.165) is 40.1 Å². The zero-order chi connectivity index (χ0) is 17.5. The molecule has 0 spiro atoms. The molecule has 0 aliphatic heterocycles. The molecule has 0 amide bonds. The molecular weight excluding hydrogens is 380 g/mol. The van der Waals surface area contributed by atoms with E-state index in [1.54, 1.807) is 6.21 Å². The number of hydrogen-bond donors (Lipinski definition) is 1. The molecule has 1 saturated carbocycles. The summed E-state index contributed by atoms with van der Waals surface area (Å²) in [5.74, 6) is 1.56. The number of hydrogen-bond acceptors (Lipinski definition) is 4. The highest BCUT2D eigenvalue weighted by Crippen LogP contribution is 2.36. The Kier molecular flexibility index (Phi) is 6.34. The maximum Gasteiger partial charge on any atom is 0.162 e. The van der Waals surface area contributed by atoms with Crippen LogP contribution in [0.1, 0.15) is 38.2 Å². The number of rotatable bonds is 7. The lowest BCUT2D eigenvalue weighted by Crippen LogP contribution is -2.12. The second-order valence-electron chi connectivity index (χ2n) is 6.01. The highest BCUT2D eigenvalue weighted by Gasteiger charge is 2.19. The average Bonchev–Trinajstić information content (AvgIpc) is 3.13. The number of halogens is 1. The molecule has 132 valence electrons. The van der Waals surface area contributed by atoms with Crippen LogP contribution >= 0.6 is 15.9 Å². The maximum atomic E-state index is 6.15. The minimum Gasteiger partial charge on any atom is -0.490 e. The van der Waals surface area contributed by atoms with E-state index in [1.165, 1.54) is 12.8 Å². The van der Waals surface area contributed by atoms with E-state index in [-0.39, 0.29) is 0 Å². The molecule has 1 fully saturated rings. The van der Waals surface area contributed by atoms with Crippen LogP contribution in [0.4, 0.5) is 5.69 Å². The Hall–Kier alpha value is -2.01. The number of hydrazone groups is 1. The van der Waals surface area contributed by atoms with Gasteiger partial charge in [0, 0.05) is 10.0 Å². The number of nitrogens with one attached hydrogen (secondary N) is 1. The minimum absolute atomic E-state index is 0.297. The van der Waals surface area contributed by atoms with Gasteiger partial charge in [-0.1, -0.05) is 18.2 Å². The molecule has 1 N–H and O–H groups in total. The SMILES string of the molecule is CCOc1cc(C=NNc2ccccc2)c(Br)cc1OC1CCCC1. The molecule has 25 heavy (non-hydrogen) atoms. The molecule has 2 aromatic carbocycles. The van der Waals surface area contributed by atoms with Gasteiger partial charge < -0.3 is 9.47 Å². The number of para-hydroxylation sites is 1. The fraction of sp³-hybridized carbons (Fsp3) is 0.350. The molecule has 0 heterocycles. The highest BCUT2D eigenvalue weighted by atomic mass is 79.9. The third-order valence-corrected chi connectivity index (χ3v) is 4.82. The first-order valence-electron chi connectivity index (χ1n) is 8.73. The second kappa shape index (κ2) is 8.90. The average molecular weight is 403 g/mol. The van der Waals surface area contributed by atoms with E-state index in [9.17, 15) is 0 Å². The van der Waals surface area contributed by atoms with Gasteiger partial charge in [-0.2, -0.15) is 5.10 Å². The summed E-state index contributed by atoms with van der Waals surface area (Å²) in [6, 6.07) is 13.8. The first-order chi connectivity index (χ1) is 12.3. The fourth-order valence-electron chi connectivity index (χ4n) is 2.89. The summed E-state index contributed by atoms with van der Waals surface area (Å²) in [7, 11) is 0. The van der Waals surface area contributed by atoms with Crippen molar-refractivity contribution in [3.05, 3.63) is 52.5 Å². The van der Waals surface area contributed by atoms with Gasteiger partial charge >= 0.3 is 0 Å². The van der Waals surface area contributed by atoms with Crippen LogP contribution in [0.15, 0.2) is 52.0 Å². The van der Waals surface area contributed by atoms with Crippen LogP contribution in [-0.2, 0) is 0 Å². The Balaban J connectivity index is 1.75. The Labute approximate surface area is 157 Å². The van der Waals surface area contributed by atoms with Crippen molar-refractivity contribution in [2.45, 2.75) is 38.7 Å². The topological polar surface area (TPSA) is 42.8 Å². The first-order valence-corrected chi connectivity index (χ1v) is 9.52. The molecule has 4 nitrogen and oxygen atoms in total. The van der Waals surface area contributed by atoms with Gasteiger partial charge in [0.15, 0.2) is 11.5 Å². The third-order valence-electron chi connectivity index (χ3n) is 4.13. The van der Waals surface area contributed by atoms with Crippen molar-refractivity contribution in [2.24, 2.45) is 5.10 Å². The lowest BCUT2D eigenvalue weighted by Gasteiger charge is -2.17. The van der Waals surface area contributed by atoms with Gasteiger partial charge in [0.05, 0.1) is 24.6 Å². The molecule has 0 saturated heterocycles. The van der Waals surface area contributed by atoms with Gasteiger partial charge in [-0.3, -0.25) is 5.43 Å². The van der Waals surface area contributed by atoms with Crippen LogP contribution in [0.25, 0.3) is 0 Å². The summed E-state index contributed by atoms with van der Waals surface area (Å²) in [6.07, 6.45) is 6.79. The second-order valence-corrected chi connectivity index (χ2v) is 6.87. The van der Waals surface area contributed by atoms with Crippen molar-refractivity contribution < 1.29 is 9.47 Å². The van der Waals surface area contributed by atoms with Crippen LogP contribution in [0.3, 0.4) is 0 Å². The standard InChI is InChI=1S/C20H23BrN2O2/c1-2-24-19-12-15(14-22-23-16-8-4-3-5-9-16)18(21)13-20(19)25-17-10-6-7-11-17/h3-5,8-9,12-14,17,23H,2,6-7,10-11H2,1H3. The lowest BCUT2D eigenvalue weighted by atomic mass is 10.2. The molecule has 1 aliphatic carbocycles. The molecule has 0 atom stereocenters. The van der Waals surface area contributed by atoms with E-state index in [0.29, 0.717) is 12.7 Å². The number of benzene rings is 2. The van der Waals surface area contributed by atoms with Gasteiger partial charge in [-0.05, 0) is 72.8 Å².